The van der Waals surface area contributed by atoms with Gasteiger partial charge in [0.1, 0.15) is 12.3 Å². The van der Waals surface area contributed by atoms with Crippen LogP contribution in [0.5, 0.6) is 0 Å². The summed E-state index contributed by atoms with van der Waals surface area (Å²) in [6.07, 6.45) is 2.58. The van der Waals surface area contributed by atoms with Crippen molar-refractivity contribution in [3.63, 3.8) is 0 Å². The van der Waals surface area contributed by atoms with Crippen LogP contribution >= 0.6 is 22.9 Å². The average molecular weight is 452 g/mol. The van der Waals surface area contributed by atoms with Crippen LogP contribution in [0, 0.1) is 0 Å². The van der Waals surface area contributed by atoms with Crippen molar-refractivity contribution in [3.8, 4) is 10.8 Å². The number of nitrogens with zero attached hydrogens (tertiary/aromatic N) is 2. The molecule has 1 amide bonds. The number of benzene rings is 1. The highest BCUT2D eigenvalue weighted by Crippen LogP contribution is 2.27. The highest BCUT2D eigenvalue weighted by atomic mass is 35.5. The maximum Gasteiger partial charge on any atom is 0.243 e. The van der Waals surface area contributed by atoms with Gasteiger partial charge in [0, 0.05) is 11.6 Å². The van der Waals surface area contributed by atoms with E-state index in [-0.39, 0.29) is 17.3 Å². The molecule has 1 atom stereocenters. The number of carbonyl (C=O) groups is 1. The predicted molar refractivity (Wildman–Crippen MR) is 110 cm³/mol. The van der Waals surface area contributed by atoms with Gasteiger partial charge in [-0.2, -0.15) is 4.31 Å². The first-order valence-corrected chi connectivity index (χ1v) is 11.7. The Hall–Kier alpha value is -2.20. The SMILES string of the molecule is O=C(NCc1coc(-c2cccs2)n1)[C@H]1CCCN1S(=O)(=O)c1ccc(Cl)cc1. The molecule has 0 radical (unpaired) electrons. The Bertz CT molecular complexity index is 1090. The Morgan fingerprint density at radius 2 is 2.10 bits per heavy atom. The fourth-order valence-corrected chi connectivity index (χ4v) is 5.67. The minimum Gasteiger partial charge on any atom is -0.443 e. The van der Waals surface area contributed by atoms with Gasteiger partial charge in [0.15, 0.2) is 0 Å². The second-order valence-electron chi connectivity index (χ2n) is 6.57. The molecular weight excluding hydrogens is 434 g/mol. The molecule has 7 nitrogen and oxygen atoms in total. The van der Waals surface area contributed by atoms with Gasteiger partial charge in [-0.15, -0.1) is 11.3 Å². The standard InChI is InChI=1S/C19H18ClN3O4S2/c20-13-5-7-15(8-6-13)29(25,26)23-9-1-3-16(23)18(24)21-11-14-12-27-19(22-14)17-4-2-10-28-17/h2,4-8,10,12,16H,1,3,9,11H2,(H,21,24)/t16-/m1/s1. The van der Waals surface area contributed by atoms with Crippen molar-refractivity contribution in [1.82, 2.24) is 14.6 Å². The number of carbonyl (C=O) groups excluding carboxylic acids is 1. The number of hydrogen-bond acceptors (Lipinski definition) is 6. The monoisotopic (exact) mass is 451 g/mol. The molecule has 1 N–H and O–H groups in total. The van der Waals surface area contributed by atoms with Crippen molar-refractivity contribution in [2.24, 2.45) is 0 Å². The molecule has 3 aromatic rings. The number of rotatable bonds is 6. The molecule has 3 heterocycles. The van der Waals surface area contributed by atoms with Gasteiger partial charge in [-0.05, 0) is 48.6 Å². The van der Waals surface area contributed by atoms with Crippen LogP contribution in [0.3, 0.4) is 0 Å². The van der Waals surface area contributed by atoms with Gasteiger partial charge in [0.05, 0.1) is 22.0 Å². The highest BCUT2D eigenvalue weighted by Gasteiger charge is 2.39. The lowest BCUT2D eigenvalue weighted by Crippen LogP contribution is -2.45. The molecule has 1 saturated heterocycles. The Morgan fingerprint density at radius 3 is 2.83 bits per heavy atom. The van der Waals surface area contributed by atoms with E-state index in [0.717, 1.165) is 4.88 Å². The first kappa shape index (κ1) is 20.1. The van der Waals surface area contributed by atoms with E-state index in [0.29, 0.717) is 36.0 Å². The summed E-state index contributed by atoms with van der Waals surface area (Å²) in [6.45, 7) is 0.467. The summed E-state index contributed by atoms with van der Waals surface area (Å²) >= 11 is 7.36. The third-order valence-electron chi connectivity index (χ3n) is 4.65. The van der Waals surface area contributed by atoms with Crippen LogP contribution < -0.4 is 5.32 Å². The van der Waals surface area contributed by atoms with Crippen LogP contribution in [-0.4, -0.2) is 36.2 Å². The topological polar surface area (TPSA) is 92.5 Å². The minimum atomic E-state index is -3.78. The maximum atomic E-state index is 12.9. The first-order valence-electron chi connectivity index (χ1n) is 8.98. The van der Waals surface area contributed by atoms with E-state index in [1.165, 1.54) is 46.2 Å². The van der Waals surface area contributed by atoms with E-state index < -0.39 is 16.1 Å². The lowest BCUT2D eigenvalue weighted by Gasteiger charge is -2.23. The fourth-order valence-electron chi connectivity index (χ4n) is 3.23. The summed E-state index contributed by atoms with van der Waals surface area (Å²) < 4.78 is 32.6. The Labute approximate surface area is 177 Å². The van der Waals surface area contributed by atoms with Crippen molar-refractivity contribution >= 4 is 38.9 Å². The maximum absolute atomic E-state index is 12.9. The number of oxazole rings is 1. The van der Waals surface area contributed by atoms with E-state index in [1.807, 2.05) is 17.5 Å². The molecule has 152 valence electrons. The largest absolute Gasteiger partial charge is 0.443 e. The fraction of sp³-hybridized carbons (Fsp3) is 0.263. The Kier molecular flexibility index (Phi) is 5.73. The normalized spacial score (nSPS) is 17.5. The van der Waals surface area contributed by atoms with Gasteiger partial charge in [-0.25, -0.2) is 13.4 Å². The second kappa shape index (κ2) is 8.27. The Balaban J connectivity index is 1.43. The number of nitrogens with one attached hydrogen (secondary N) is 1. The summed E-state index contributed by atoms with van der Waals surface area (Å²) in [6, 6.07) is 9.00. The van der Waals surface area contributed by atoms with Crippen LogP contribution in [-0.2, 0) is 21.4 Å². The molecule has 2 aromatic heterocycles. The van der Waals surface area contributed by atoms with Crippen LogP contribution in [0.4, 0.5) is 0 Å². The molecule has 0 unspecified atom stereocenters. The number of hydrogen-bond donors (Lipinski definition) is 1. The molecule has 4 rings (SSSR count). The van der Waals surface area contributed by atoms with Crippen LogP contribution in [0.2, 0.25) is 5.02 Å². The number of amides is 1. The molecule has 0 spiro atoms. The molecule has 29 heavy (non-hydrogen) atoms. The summed E-state index contributed by atoms with van der Waals surface area (Å²) in [5.41, 5.74) is 0.576. The number of sulfonamides is 1. The summed E-state index contributed by atoms with van der Waals surface area (Å²) in [4.78, 5) is 18.1. The molecule has 10 heteroatoms. The van der Waals surface area contributed by atoms with Gasteiger partial charge >= 0.3 is 0 Å². The van der Waals surface area contributed by atoms with E-state index >= 15 is 0 Å². The third-order valence-corrected chi connectivity index (χ3v) is 7.69. The molecule has 1 aromatic carbocycles. The van der Waals surface area contributed by atoms with E-state index in [1.54, 1.807) is 0 Å². The lowest BCUT2D eigenvalue weighted by atomic mass is 10.2. The first-order chi connectivity index (χ1) is 13.9. The van der Waals surface area contributed by atoms with Crippen molar-refractivity contribution in [2.45, 2.75) is 30.3 Å². The molecule has 0 bridgehead atoms. The molecule has 0 saturated carbocycles. The number of halogens is 1. The average Bonchev–Trinajstić information content (AvgIpc) is 3.47. The minimum absolute atomic E-state index is 0.124. The summed E-state index contributed by atoms with van der Waals surface area (Å²) in [7, 11) is -3.78. The predicted octanol–water partition coefficient (Wildman–Crippen LogP) is 3.53. The van der Waals surface area contributed by atoms with Crippen LogP contribution in [0.25, 0.3) is 10.8 Å². The zero-order chi connectivity index (χ0) is 20.4. The van der Waals surface area contributed by atoms with E-state index in [4.69, 9.17) is 16.0 Å². The zero-order valence-corrected chi connectivity index (χ0v) is 17.6. The van der Waals surface area contributed by atoms with Crippen molar-refractivity contribution in [1.29, 1.82) is 0 Å². The van der Waals surface area contributed by atoms with Crippen molar-refractivity contribution in [2.75, 3.05) is 6.54 Å². The van der Waals surface area contributed by atoms with E-state index in [2.05, 4.69) is 10.3 Å². The summed E-state index contributed by atoms with van der Waals surface area (Å²) in [5, 5.41) is 5.16. The molecule has 1 aliphatic rings. The highest BCUT2D eigenvalue weighted by molar-refractivity contribution is 7.89. The second-order valence-corrected chi connectivity index (χ2v) is 9.84. The zero-order valence-electron chi connectivity index (χ0n) is 15.2. The quantitative estimate of drug-likeness (QED) is 0.618. The molecule has 0 aliphatic carbocycles. The van der Waals surface area contributed by atoms with Gasteiger partial charge in [-0.1, -0.05) is 17.7 Å². The van der Waals surface area contributed by atoms with E-state index in [9.17, 15) is 13.2 Å². The van der Waals surface area contributed by atoms with Gasteiger partial charge in [0.2, 0.25) is 21.8 Å². The third kappa shape index (κ3) is 4.23. The van der Waals surface area contributed by atoms with Gasteiger partial charge in [-0.3, -0.25) is 4.79 Å². The summed E-state index contributed by atoms with van der Waals surface area (Å²) in [5.74, 6) is 0.151. The van der Waals surface area contributed by atoms with Crippen LogP contribution in [0.15, 0.2) is 57.4 Å². The van der Waals surface area contributed by atoms with Crippen molar-refractivity contribution in [3.05, 3.63) is 58.8 Å². The molecule has 1 fully saturated rings. The number of aromatic nitrogens is 1. The van der Waals surface area contributed by atoms with Gasteiger partial charge < -0.3 is 9.73 Å². The Morgan fingerprint density at radius 1 is 1.31 bits per heavy atom. The van der Waals surface area contributed by atoms with Crippen LogP contribution in [0.1, 0.15) is 18.5 Å². The smallest absolute Gasteiger partial charge is 0.243 e. The van der Waals surface area contributed by atoms with Crippen molar-refractivity contribution < 1.29 is 17.6 Å². The molecule has 1 aliphatic heterocycles. The lowest BCUT2D eigenvalue weighted by molar-refractivity contribution is -0.124. The van der Waals surface area contributed by atoms with Gasteiger partial charge in [0.25, 0.3) is 0 Å². The number of thiophene rings is 1. The molecular formula is C19H18ClN3O4S2.